The van der Waals surface area contributed by atoms with Crippen molar-refractivity contribution in [3.8, 4) is 22.8 Å². The van der Waals surface area contributed by atoms with Gasteiger partial charge in [-0.2, -0.15) is 0 Å². The Morgan fingerprint density at radius 2 is 1.61 bits per heavy atom. The summed E-state index contributed by atoms with van der Waals surface area (Å²) in [5.74, 6) is 1.36. The predicted molar refractivity (Wildman–Crippen MR) is 110 cm³/mol. The second-order valence-electron chi connectivity index (χ2n) is 6.53. The number of methoxy groups -OCH3 is 1. The van der Waals surface area contributed by atoms with Crippen molar-refractivity contribution >= 4 is 11.0 Å². The maximum atomic E-state index is 13.1. The Morgan fingerprint density at radius 3 is 2.36 bits per heavy atom. The number of ether oxygens (including phenoxy) is 2. The molecule has 0 fully saturated rings. The van der Waals surface area contributed by atoms with Crippen LogP contribution in [0, 0.1) is 6.92 Å². The molecule has 0 unspecified atom stereocenters. The maximum Gasteiger partial charge on any atom is 0.235 e. The Morgan fingerprint density at radius 1 is 0.893 bits per heavy atom. The van der Waals surface area contributed by atoms with E-state index in [-0.39, 0.29) is 11.2 Å². The molecule has 0 aliphatic heterocycles. The number of rotatable bonds is 5. The molecule has 0 radical (unpaired) electrons. The van der Waals surface area contributed by atoms with Crippen molar-refractivity contribution in [1.29, 1.82) is 0 Å². The largest absolute Gasteiger partial charge is 0.497 e. The molecular weight excluding hydrogens is 352 g/mol. The van der Waals surface area contributed by atoms with Gasteiger partial charge in [-0.15, -0.1) is 0 Å². The summed E-state index contributed by atoms with van der Waals surface area (Å²) in [4.78, 5) is 13.1. The predicted octanol–water partition coefficient (Wildman–Crippen LogP) is 5.36. The molecule has 0 spiro atoms. The van der Waals surface area contributed by atoms with Gasteiger partial charge in [0.05, 0.1) is 12.5 Å². The van der Waals surface area contributed by atoms with Crippen LogP contribution in [0.3, 0.4) is 0 Å². The summed E-state index contributed by atoms with van der Waals surface area (Å²) in [7, 11) is 1.61. The molecule has 1 aromatic heterocycles. The summed E-state index contributed by atoms with van der Waals surface area (Å²) in [6.45, 7) is 2.31. The van der Waals surface area contributed by atoms with Gasteiger partial charge < -0.3 is 13.9 Å². The zero-order chi connectivity index (χ0) is 19.5. The summed E-state index contributed by atoms with van der Waals surface area (Å²) < 4.78 is 17.3. The highest BCUT2D eigenvalue weighted by molar-refractivity contribution is 5.82. The lowest BCUT2D eigenvalue weighted by atomic mass is 10.1. The van der Waals surface area contributed by atoms with Gasteiger partial charge in [-0.1, -0.05) is 36.4 Å². The Balaban J connectivity index is 1.83. The Labute approximate surface area is 163 Å². The van der Waals surface area contributed by atoms with Gasteiger partial charge in [-0.25, -0.2) is 0 Å². The molecule has 4 rings (SSSR count). The third kappa shape index (κ3) is 3.37. The number of hydrogen-bond donors (Lipinski definition) is 0. The molecule has 0 saturated heterocycles. The third-order valence-electron chi connectivity index (χ3n) is 4.74. The monoisotopic (exact) mass is 372 g/mol. The number of benzene rings is 3. The van der Waals surface area contributed by atoms with E-state index in [1.807, 2.05) is 67.6 Å². The number of para-hydroxylation sites is 1. The van der Waals surface area contributed by atoms with E-state index in [9.17, 15) is 4.79 Å². The van der Waals surface area contributed by atoms with Gasteiger partial charge in [0.1, 0.15) is 17.9 Å². The molecule has 0 bridgehead atoms. The van der Waals surface area contributed by atoms with Crippen LogP contribution in [0.5, 0.6) is 11.5 Å². The summed E-state index contributed by atoms with van der Waals surface area (Å²) in [5, 5.41) is 0.500. The average Bonchev–Trinajstić information content (AvgIpc) is 2.74. The molecule has 4 heteroatoms. The van der Waals surface area contributed by atoms with Crippen molar-refractivity contribution in [3.63, 3.8) is 0 Å². The van der Waals surface area contributed by atoms with Crippen LogP contribution in [0.4, 0.5) is 0 Å². The first-order chi connectivity index (χ1) is 13.7. The van der Waals surface area contributed by atoms with Crippen LogP contribution in [-0.4, -0.2) is 7.11 Å². The highest BCUT2D eigenvalue weighted by atomic mass is 16.5. The lowest BCUT2D eigenvalue weighted by Crippen LogP contribution is -2.10. The van der Waals surface area contributed by atoms with Crippen molar-refractivity contribution in [3.05, 3.63) is 94.1 Å². The van der Waals surface area contributed by atoms with E-state index in [1.54, 1.807) is 19.2 Å². The summed E-state index contributed by atoms with van der Waals surface area (Å²) in [5.41, 5.74) is 3.24. The van der Waals surface area contributed by atoms with Crippen molar-refractivity contribution in [2.24, 2.45) is 0 Å². The zero-order valence-electron chi connectivity index (χ0n) is 15.8. The zero-order valence-corrected chi connectivity index (χ0v) is 15.8. The molecule has 0 amide bonds. The van der Waals surface area contributed by atoms with Crippen molar-refractivity contribution in [1.82, 2.24) is 0 Å². The Kier molecular flexibility index (Phi) is 4.85. The molecule has 28 heavy (non-hydrogen) atoms. The quantitative estimate of drug-likeness (QED) is 0.473. The van der Waals surface area contributed by atoms with E-state index < -0.39 is 0 Å². The molecule has 4 aromatic rings. The van der Waals surface area contributed by atoms with Gasteiger partial charge in [0.15, 0.2) is 5.76 Å². The van der Waals surface area contributed by atoms with Crippen molar-refractivity contribution in [2.75, 3.05) is 7.11 Å². The van der Waals surface area contributed by atoms with Crippen LogP contribution in [0.2, 0.25) is 0 Å². The average molecular weight is 372 g/mol. The summed E-state index contributed by atoms with van der Waals surface area (Å²) in [6, 6.07) is 22.5. The second kappa shape index (κ2) is 7.61. The highest BCUT2D eigenvalue weighted by Gasteiger charge is 2.18. The highest BCUT2D eigenvalue weighted by Crippen LogP contribution is 2.32. The fourth-order valence-corrected chi connectivity index (χ4v) is 3.11. The van der Waals surface area contributed by atoms with Crippen LogP contribution in [0.25, 0.3) is 22.3 Å². The van der Waals surface area contributed by atoms with Gasteiger partial charge in [-0.05, 0) is 54.4 Å². The second-order valence-corrected chi connectivity index (χ2v) is 6.53. The maximum absolute atomic E-state index is 13.1. The number of fused-ring (bicyclic) bond motifs is 1. The minimum absolute atomic E-state index is 0.179. The van der Waals surface area contributed by atoms with E-state index in [4.69, 9.17) is 13.9 Å². The molecule has 1 heterocycles. The molecule has 140 valence electrons. The van der Waals surface area contributed by atoms with Gasteiger partial charge in [-0.3, -0.25) is 4.79 Å². The number of aryl methyl sites for hydroxylation is 1. The van der Waals surface area contributed by atoms with Crippen molar-refractivity contribution in [2.45, 2.75) is 13.5 Å². The fourth-order valence-electron chi connectivity index (χ4n) is 3.11. The van der Waals surface area contributed by atoms with E-state index in [0.29, 0.717) is 23.3 Å². The molecule has 3 aromatic carbocycles. The Hall–Kier alpha value is -3.53. The van der Waals surface area contributed by atoms with Gasteiger partial charge in [0, 0.05) is 5.56 Å². The SMILES string of the molecule is COc1ccc(-c2oc3ccccc3c(=O)c2OCc2ccccc2C)cc1. The lowest BCUT2D eigenvalue weighted by molar-refractivity contribution is 0.297. The first-order valence-electron chi connectivity index (χ1n) is 9.05. The summed E-state index contributed by atoms with van der Waals surface area (Å²) >= 11 is 0. The van der Waals surface area contributed by atoms with Crippen LogP contribution in [0.15, 0.2) is 82.0 Å². The molecule has 4 nitrogen and oxygen atoms in total. The van der Waals surface area contributed by atoms with E-state index in [1.165, 1.54) is 0 Å². The molecule has 0 aliphatic rings. The first-order valence-corrected chi connectivity index (χ1v) is 9.05. The topological polar surface area (TPSA) is 48.7 Å². The Bertz CT molecular complexity index is 1170. The molecular formula is C24H20O4. The normalized spacial score (nSPS) is 10.8. The fraction of sp³-hybridized carbons (Fsp3) is 0.125. The minimum Gasteiger partial charge on any atom is -0.497 e. The van der Waals surface area contributed by atoms with Crippen LogP contribution < -0.4 is 14.9 Å². The minimum atomic E-state index is -0.179. The molecule has 0 N–H and O–H groups in total. The van der Waals surface area contributed by atoms with E-state index in [2.05, 4.69) is 0 Å². The van der Waals surface area contributed by atoms with Gasteiger partial charge in [0.25, 0.3) is 0 Å². The van der Waals surface area contributed by atoms with Crippen LogP contribution in [-0.2, 0) is 6.61 Å². The van der Waals surface area contributed by atoms with E-state index in [0.717, 1.165) is 22.4 Å². The first kappa shape index (κ1) is 17.9. The van der Waals surface area contributed by atoms with Gasteiger partial charge in [0.2, 0.25) is 11.2 Å². The number of hydrogen-bond acceptors (Lipinski definition) is 4. The molecule has 0 atom stereocenters. The van der Waals surface area contributed by atoms with Crippen LogP contribution >= 0.6 is 0 Å². The van der Waals surface area contributed by atoms with Crippen molar-refractivity contribution < 1.29 is 13.9 Å². The standard InChI is InChI=1S/C24H20O4/c1-16-7-3-4-8-18(16)15-27-24-22(25)20-9-5-6-10-21(20)28-23(24)17-11-13-19(26-2)14-12-17/h3-14H,15H2,1-2H3. The van der Waals surface area contributed by atoms with E-state index >= 15 is 0 Å². The summed E-state index contributed by atoms with van der Waals surface area (Å²) in [6.07, 6.45) is 0. The smallest absolute Gasteiger partial charge is 0.235 e. The van der Waals surface area contributed by atoms with Crippen LogP contribution in [0.1, 0.15) is 11.1 Å². The van der Waals surface area contributed by atoms with Gasteiger partial charge >= 0.3 is 0 Å². The third-order valence-corrected chi connectivity index (χ3v) is 4.74. The molecule has 0 saturated carbocycles. The molecule has 0 aliphatic carbocycles. The lowest BCUT2D eigenvalue weighted by Gasteiger charge is -2.13.